The van der Waals surface area contributed by atoms with Crippen molar-refractivity contribution >= 4 is 5.97 Å². The van der Waals surface area contributed by atoms with Gasteiger partial charge in [0.15, 0.2) is 0 Å². The highest BCUT2D eigenvalue weighted by molar-refractivity contribution is 5.71. The van der Waals surface area contributed by atoms with Crippen LogP contribution in [-0.2, 0) is 9.53 Å². The number of unbranched alkanes of at least 4 members (excludes halogenated alkanes) is 8. The van der Waals surface area contributed by atoms with E-state index in [0.717, 1.165) is 25.7 Å². The monoisotopic (exact) mass is 311 g/mol. The van der Waals surface area contributed by atoms with Crippen molar-refractivity contribution < 1.29 is 9.53 Å². The van der Waals surface area contributed by atoms with Gasteiger partial charge in [-0.1, -0.05) is 70.3 Å². The van der Waals surface area contributed by atoms with Crippen molar-refractivity contribution in [3.8, 4) is 0 Å². The van der Waals surface area contributed by atoms with Crippen LogP contribution in [0.25, 0.3) is 10.4 Å². The number of rotatable bonds is 15. The number of esters is 1. The quantitative estimate of drug-likeness (QED) is 0.123. The number of carbonyl (C=O) groups is 1. The van der Waals surface area contributed by atoms with Gasteiger partial charge in [0.1, 0.15) is 12.6 Å². The Morgan fingerprint density at radius 1 is 0.955 bits per heavy atom. The molecule has 1 unspecified atom stereocenters. The van der Waals surface area contributed by atoms with E-state index in [1.54, 1.807) is 0 Å². The lowest BCUT2D eigenvalue weighted by molar-refractivity contribution is -0.148. The largest absolute Gasteiger partial charge is 0.462 e. The Hall–Kier alpha value is -1.22. The minimum Gasteiger partial charge on any atom is -0.462 e. The van der Waals surface area contributed by atoms with Crippen molar-refractivity contribution in [3.63, 3.8) is 0 Å². The summed E-state index contributed by atoms with van der Waals surface area (Å²) in [6.07, 6.45) is 14.0. The molecule has 0 amide bonds. The zero-order valence-electron chi connectivity index (χ0n) is 14.4. The zero-order chi connectivity index (χ0) is 16.5. The fraction of sp³-hybridized carbons (Fsp3) is 0.941. The molecule has 128 valence electrons. The number of hydrogen-bond acceptors (Lipinski definition) is 3. The minimum atomic E-state index is -0.399. The second kappa shape index (κ2) is 16.2. The van der Waals surface area contributed by atoms with Crippen molar-refractivity contribution in [3.05, 3.63) is 10.4 Å². The maximum atomic E-state index is 11.6. The number of nitrogens with zero attached hydrogens (tertiary/aromatic N) is 3. The minimum absolute atomic E-state index is 0.00979. The van der Waals surface area contributed by atoms with E-state index in [-0.39, 0.29) is 12.6 Å². The van der Waals surface area contributed by atoms with Crippen molar-refractivity contribution in [2.75, 3.05) is 6.54 Å². The van der Waals surface area contributed by atoms with Crippen LogP contribution in [0.2, 0.25) is 0 Å². The molecule has 0 spiro atoms. The van der Waals surface area contributed by atoms with Crippen molar-refractivity contribution in [2.45, 2.75) is 97.0 Å². The van der Waals surface area contributed by atoms with E-state index in [2.05, 4.69) is 23.9 Å². The summed E-state index contributed by atoms with van der Waals surface area (Å²) in [7, 11) is 0. The van der Waals surface area contributed by atoms with Crippen LogP contribution < -0.4 is 0 Å². The molecule has 0 N–H and O–H groups in total. The van der Waals surface area contributed by atoms with Crippen molar-refractivity contribution in [2.24, 2.45) is 5.11 Å². The first-order valence-corrected chi connectivity index (χ1v) is 8.94. The third-order valence-corrected chi connectivity index (χ3v) is 3.82. The van der Waals surface area contributed by atoms with Gasteiger partial charge in [-0.15, -0.1) is 0 Å². The molecule has 0 heterocycles. The van der Waals surface area contributed by atoms with Gasteiger partial charge in [-0.25, -0.2) is 0 Å². The molecule has 22 heavy (non-hydrogen) atoms. The molecule has 0 aliphatic heterocycles. The Bertz CT molecular complexity index is 315. The van der Waals surface area contributed by atoms with Gasteiger partial charge in [0.25, 0.3) is 0 Å². The van der Waals surface area contributed by atoms with Crippen LogP contribution in [0.3, 0.4) is 0 Å². The molecule has 0 saturated heterocycles. The molecule has 0 aromatic rings. The van der Waals surface area contributed by atoms with E-state index in [1.807, 2.05) is 0 Å². The van der Waals surface area contributed by atoms with Gasteiger partial charge in [-0.2, -0.15) is 0 Å². The van der Waals surface area contributed by atoms with Gasteiger partial charge in [0.05, 0.1) is 0 Å². The number of azide groups is 1. The van der Waals surface area contributed by atoms with Crippen LogP contribution in [0.15, 0.2) is 5.11 Å². The molecule has 0 aromatic heterocycles. The molecule has 0 aliphatic carbocycles. The van der Waals surface area contributed by atoms with E-state index in [1.165, 1.54) is 51.4 Å². The average molecular weight is 311 g/mol. The Labute approximate surface area is 135 Å². The fourth-order valence-electron chi connectivity index (χ4n) is 2.53. The lowest BCUT2D eigenvalue weighted by atomic mass is 10.0. The molecule has 0 aromatic carbocycles. The van der Waals surface area contributed by atoms with Crippen LogP contribution in [0.5, 0.6) is 0 Å². The first-order chi connectivity index (χ1) is 10.7. The molecule has 5 nitrogen and oxygen atoms in total. The van der Waals surface area contributed by atoms with Crippen LogP contribution in [0, 0.1) is 0 Å². The molecular formula is C17H33N3O2. The van der Waals surface area contributed by atoms with Crippen LogP contribution >= 0.6 is 0 Å². The molecule has 5 heteroatoms. The van der Waals surface area contributed by atoms with Gasteiger partial charge in [0.2, 0.25) is 0 Å². The summed E-state index contributed by atoms with van der Waals surface area (Å²) in [5.74, 6) is -0.399. The standard InChI is InChI=1S/C17H33N3O2/c1-3-5-7-9-10-12-14-16(13-11-8-6-4-2)22-17(21)15-19-20-18/h16H,3-15H2,1-2H3. The summed E-state index contributed by atoms with van der Waals surface area (Å²) in [4.78, 5) is 14.2. The molecule has 0 rings (SSSR count). The summed E-state index contributed by atoms with van der Waals surface area (Å²) in [5.41, 5.74) is 8.24. The Morgan fingerprint density at radius 2 is 1.45 bits per heavy atom. The summed E-state index contributed by atoms with van der Waals surface area (Å²) in [5, 5.41) is 3.27. The highest BCUT2D eigenvalue weighted by Crippen LogP contribution is 2.16. The van der Waals surface area contributed by atoms with Gasteiger partial charge in [-0.05, 0) is 31.2 Å². The highest BCUT2D eigenvalue weighted by Gasteiger charge is 2.13. The molecule has 0 saturated carbocycles. The van der Waals surface area contributed by atoms with E-state index in [0.29, 0.717) is 0 Å². The van der Waals surface area contributed by atoms with Gasteiger partial charge in [0, 0.05) is 4.91 Å². The predicted octanol–water partition coefficient (Wildman–Crippen LogP) is 5.93. The van der Waals surface area contributed by atoms with Crippen molar-refractivity contribution in [1.29, 1.82) is 0 Å². The van der Waals surface area contributed by atoms with Gasteiger partial charge in [-0.3, -0.25) is 4.79 Å². The third-order valence-electron chi connectivity index (χ3n) is 3.82. The molecule has 1 atom stereocenters. The molecule has 0 fully saturated rings. The first-order valence-electron chi connectivity index (χ1n) is 8.94. The Morgan fingerprint density at radius 3 is 2.00 bits per heavy atom. The van der Waals surface area contributed by atoms with Crippen LogP contribution in [0.4, 0.5) is 0 Å². The Kier molecular flexibility index (Phi) is 15.3. The molecule has 0 radical (unpaired) electrons. The highest BCUT2D eigenvalue weighted by atomic mass is 16.5. The average Bonchev–Trinajstić information content (AvgIpc) is 2.52. The fourth-order valence-corrected chi connectivity index (χ4v) is 2.53. The third kappa shape index (κ3) is 13.7. The smallest absolute Gasteiger partial charge is 0.311 e. The number of ether oxygens (including phenoxy) is 1. The second-order valence-corrected chi connectivity index (χ2v) is 5.91. The number of carbonyl (C=O) groups excluding carboxylic acids is 1. The lowest BCUT2D eigenvalue weighted by Gasteiger charge is -2.17. The van der Waals surface area contributed by atoms with E-state index in [4.69, 9.17) is 10.3 Å². The van der Waals surface area contributed by atoms with Crippen LogP contribution in [-0.4, -0.2) is 18.6 Å². The van der Waals surface area contributed by atoms with Crippen molar-refractivity contribution in [1.82, 2.24) is 0 Å². The van der Waals surface area contributed by atoms with E-state index < -0.39 is 5.97 Å². The Balaban J connectivity index is 3.98. The van der Waals surface area contributed by atoms with Gasteiger partial charge >= 0.3 is 5.97 Å². The normalized spacial score (nSPS) is 11.7. The number of hydrogen-bond donors (Lipinski definition) is 0. The maximum Gasteiger partial charge on any atom is 0.311 e. The first kappa shape index (κ1) is 20.8. The van der Waals surface area contributed by atoms with Crippen LogP contribution in [0.1, 0.15) is 90.9 Å². The molecule has 0 bridgehead atoms. The lowest BCUT2D eigenvalue weighted by Crippen LogP contribution is -2.20. The molecule has 0 aliphatic rings. The summed E-state index contributed by atoms with van der Waals surface area (Å²) in [6, 6.07) is 0. The summed E-state index contributed by atoms with van der Waals surface area (Å²) < 4.78 is 5.46. The second-order valence-electron chi connectivity index (χ2n) is 5.91. The maximum absolute atomic E-state index is 11.6. The van der Waals surface area contributed by atoms with E-state index in [9.17, 15) is 4.79 Å². The zero-order valence-corrected chi connectivity index (χ0v) is 14.4. The predicted molar refractivity (Wildman–Crippen MR) is 90.6 cm³/mol. The van der Waals surface area contributed by atoms with Gasteiger partial charge < -0.3 is 4.74 Å². The summed E-state index contributed by atoms with van der Waals surface area (Å²) >= 11 is 0. The van der Waals surface area contributed by atoms with E-state index >= 15 is 0 Å². The topological polar surface area (TPSA) is 75.1 Å². The molecular weight excluding hydrogens is 278 g/mol. The SMILES string of the molecule is CCCCCCCCC(CCCCCC)OC(=O)CN=[N+]=[N-]. The summed E-state index contributed by atoms with van der Waals surface area (Å²) in [6.45, 7) is 4.21.